The second-order valence-electron chi connectivity index (χ2n) is 7.34. The highest BCUT2D eigenvalue weighted by molar-refractivity contribution is 5.95. The van der Waals surface area contributed by atoms with E-state index in [9.17, 15) is 4.79 Å². The molecule has 32 heavy (non-hydrogen) atoms. The number of nitrogens with one attached hydrogen (secondary N) is 1. The van der Waals surface area contributed by atoms with Crippen LogP contribution in [0.25, 0.3) is 11.1 Å². The lowest BCUT2D eigenvalue weighted by molar-refractivity contribution is 0.0950. The maximum absolute atomic E-state index is 12.8. The highest BCUT2D eigenvalue weighted by atomic mass is 16.5. The molecule has 6 nitrogen and oxygen atoms in total. The summed E-state index contributed by atoms with van der Waals surface area (Å²) in [4.78, 5) is 12.8. The number of benzene rings is 3. The maximum Gasteiger partial charge on any atom is 0.251 e. The van der Waals surface area contributed by atoms with Crippen molar-refractivity contribution in [2.45, 2.75) is 13.1 Å². The SMILES string of the molecule is COc1cc(OC)cc(C(=O)NCc2ccccc2-c2ccc(Cn3cccn3)cc2)c1. The van der Waals surface area contributed by atoms with E-state index in [1.807, 2.05) is 35.1 Å². The topological polar surface area (TPSA) is 65.4 Å². The van der Waals surface area contributed by atoms with E-state index >= 15 is 0 Å². The largest absolute Gasteiger partial charge is 0.497 e. The smallest absolute Gasteiger partial charge is 0.251 e. The molecule has 0 unspecified atom stereocenters. The zero-order valence-corrected chi connectivity index (χ0v) is 18.1. The van der Waals surface area contributed by atoms with E-state index in [1.54, 1.807) is 38.6 Å². The van der Waals surface area contributed by atoms with E-state index in [-0.39, 0.29) is 5.91 Å². The van der Waals surface area contributed by atoms with Gasteiger partial charge in [0.05, 0.1) is 20.8 Å². The Kier molecular flexibility index (Phi) is 6.51. The predicted octanol–water partition coefficient (Wildman–Crippen LogP) is 4.55. The molecule has 0 saturated carbocycles. The van der Waals surface area contributed by atoms with Gasteiger partial charge in [-0.25, -0.2) is 0 Å². The lowest BCUT2D eigenvalue weighted by Crippen LogP contribution is -2.23. The summed E-state index contributed by atoms with van der Waals surface area (Å²) in [7, 11) is 3.13. The molecule has 0 radical (unpaired) electrons. The molecule has 0 atom stereocenters. The van der Waals surface area contributed by atoms with Crippen LogP contribution in [-0.4, -0.2) is 29.9 Å². The molecule has 4 aromatic rings. The molecule has 0 aliphatic heterocycles. The van der Waals surface area contributed by atoms with Crippen molar-refractivity contribution in [2.24, 2.45) is 0 Å². The first kappa shape index (κ1) is 21.2. The van der Waals surface area contributed by atoms with Crippen molar-refractivity contribution in [3.63, 3.8) is 0 Å². The number of carbonyl (C=O) groups is 1. The van der Waals surface area contributed by atoms with Gasteiger partial charge in [-0.2, -0.15) is 5.10 Å². The highest BCUT2D eigenvalue weighted by Gasteiger charge is 2.11. The van der Waals surface area contributed by atoms with Crippen molar-refractivity contribution in [1.29, 1.82) is 0 Å². The van der Waals surface area contributed by atoms with Crippen molar-refractivity contribution in [3.8, 4) is 22.6 Å². The molecule has 162 valence electrons. The van der Waals surface area contributed by atoms with Crippen LogP contribution in [0.4, 0.5) is 0 Å². The van der Waals surface area contributed by atoms with Crippen LogP contribution in [0.5, 0.6) is 11.5 Å². The quantitative estimate of drug-likeness (QED) is 0.448. The molecule has 3 aromatic carbocycles. The van der Waals surface area contributed by atoms with Gasteiger partial charge in [-0.15, -0.1) is 0 Å². The van der Waals surface area contributed by atoms with Crippen LogP contribution in [0.15, 0.2) is 85.2 Å². The van der Waals surface area contributed by atoms with E-state index in [4.69, 9.17) is 9.47 Å². The Morgan fingerprint density at radius 1 is 0.938 bits per heavy atom. The first-order valence-electron chi connectivity index (χ1n) is 10.3. The standard InChI is InChI=1S/C26H25N3O3/c1-31-23-14-22(15-24(16-23)32-2)26(30)27-17-21-6-3-4-7-25(21)20-10-8-19(9-11-20)18-29-13-5-12-28-29/h3-16H,17-18H2,1-2H3,(H,27,30). The summed E-state index contributed by atoms with van der Waals surface area (Å²) in [6.45, 7) is 1.14. The molecule has 1 amide bonds. The summed E-state index contributed by atoms with van der Waals surface area (Å²) < 4.78 is 12.4. The highest BCUT2D eigenvalue weighted by Crippen LogP contribution is 2.25. The Labute approximate surface area is 187 Å². The molecule has 0 saturated heterocycles. The molecule has 0 aliphatic carbocycles. The van der Waals surface area contributed by atoms with Crippen molar-refractivity contribution >= 4 is 5.91 Å². The summed E-state index contributed by atoms with van der Waals surface area (Å²) in [5.74, 6) is 0.960. The van der Waals surface area contributed by atoms with Crippen molar-refractivity contribution in [3.05, 3.63) is 102 Å². The van der Waals surface area contributed by atoms with Gasteiger partial charge in [0.1, 0.15) is 11.5 Å². The summed E-state index contributed by atoms with van der Waals surface area (Å²) in [6, 6.07) is 23.5. The lowest BCUT2D eigenvalue weighted by atomic mass is 9.98. The third-order valence-electron chi connectivity index (χ3n) is 5.24. The molecular formula is C26H25N3O3. The number of aromatic nitrogens is 2. The Morgan fingerprint density at radius 2 is 1.66 bits per heavy atom. The first-order chi connectivity index (χ1) is 15.7. The minimum absolute atomic E-state index is 0.188. The third-order valence-corrected chi connectivity index (χ3v) is 5.24. The van der Waals surface area contributed by atoms with Gasteiger partial charge in [0.15, 0.2) is 0 Å². The molecule has 1 N–H and O–H groups in total. The van der Waals surface area contributed by atoms with Crippen LogP contribution in [0.2, 0.25) is 0 Å². The molecule has 0 aliphatic rings. The van der Waals surface area contributed by atoms with E-state index in [1.165, 1.54) is 5.56 Å². The summed E-state index contributed by atoms with van der Waals surface area (Å²) in [5, 5.41) is 7.26. The fourth-order valence-corrected chi connectivity index (χ4v) is 3.54. The van der Waals surface area contributed by atoms with Gasteiger partial charge in [-0.05, 0) is 40.5 Å². The number of rotatable bonds is 8. The third kappa shape index (κ3) is 4.98. The monoisotopic (exact) mass is 427 g/mol. The summed E-state index contributed by atoms with van der Waals surface area (Å²) in [5.41, 5.74) is 4.89. The second-order valence-corrected chi connectivity index (χ2v) is 7.34. The Hall–Kier alpha value is -4.06. The van der Waals surface area contributed by atoms with Gasteiger partial charge in [0.25, 0.3) is 5.91 Å². The van der Waals surface area contributed by atoms with Crippen molar-refractivity contribution in [1.82, 2.24) is 15.1 Å². The molecule has 0 fully saturated rings. The van der Waals surface area contributed by atoms with Gasteiger partial charge < -0.3 is 14.8 Å². The normalized spacial score (nSPS) is 10.6. The van der Waals surface area contributed by atoms with Gasteiger partial charge in [-0.1, -0.05) is 48.5 Å². The van der Waals surface area contributed by atoms with E-state index in [2.05, 4.69) is 40.7 Å². The van der Waals surface area contributed by atoms with E-state index < -0.39 is 0 Å². The van der Waals surface area contributed by atoms with Crippen molar-refractivity contribution < 1.29 is 14.3 Å². The van der Waals surface area contributed by atoms with Gasteiger partial charge in [0, 0.05) is 30.6 Å². The second kappa shape index (κ2) is 9.83. The van der Waals surface area contributed by atoms with Crippen LogP contribution in [0.1, 0.15) is 21.5 Å². The molecule has 6 heteroatoms. The fourth-order valence-electron chi connectivity index (χ4n) is 3.54. The zero-order chi connectivity index (χ0) is 22.3. The zero-order valence-electron chi connectivity index (χ0n) is 18.1. The van der Waals surface area contributed by atoms with Gasteiger partial charge in [0.2, 0.25) is 0 Å². The number of hydrogen-bond donors (Lipinski definition) is 1. The number of hydrogen-bond acceptors (Lipinski definition) is 4. The molecule has 4 rings (SSSR count). The molecule has 1 aromatic heterocycles. The van der Waals surface area contributed by atoms with Gasteiger partial charge in [-0.3, -0.25) is 9.48 Å². The maximum atomic E-state index is 12.8. The fraction of sp³-hybridized carbons (Fsp3) is 0.154. The number of ether oxygens (including phenoxy) is 2. The molecule has 0 bridgehead atoms. The molecular weight excluding hydrogens is 402 g/mol. The molecule has 1 heterocycles. The van der Waals surface area contributed by atoms with Crippen LogP contribution in [0, 0.1) is 0 Å². The van der Waals surface area contributed by atoms with Crippen LogP contribution in [-0.2, 0) is 13.1 Å². The first-order valence-corrected chi connectivity index (χ1v) is 10.3. The average Bonchev–Trinajstić information content (AvgIpc) is 3.36. The Morgan fingerprint density at radius 3 is 2.31 bits per heavy atom. The molecule has 0 spiro atoms. The summed E-state index contributed by atoms with van der Waals surface area (Å²) >= 11 is 0. The lowest BCUT2D eigenvalue weighted by Gasteiger charge is -2.13. The van der Waals surface area contributed by atoms with Crippen molar-refractivity contribution in [2.75, 3.05) is 14.2 Å². The predicted molar refractivity (Wildman–Crippen MR) is 124 cm³/mol. The number of methoxy groups -OCH3 is 2. The average molecular weight is 428 g/mol. The number of carbonyl (C=O) groups excluding carboxylic acids is 1. The Balaban J connectivity index is 1.49. The summed E-state index contributed by atoms with van der Waals surface area (Å²) in [6.07, 6.45) is 3.73. The Bertz CT molecular complexity index is 1160. The number of nitrogens with zero attached hydrogens (tertiary/aromatic N) is 2. The van der Waals surface area contributed by atoms with Gasteiger partial charge >= 0.3 is 0 Å². The number of amides is 1. The van der Waals surface area contributed by atoms with E-state index in [0.717, 1.165) is 23.2 Å². The van der Waals surface area contributed by atoms with Crippen LogP contribution >= 0.6 is 0 Å². The minimum atomic E-state index is -0.188. The van der Waals surface area contributed by atoms with E-state index in [0.29, 0.717) is 23.6 Å². The van der Waals surface area contributed by atoms with Crippen LogP contribution < -0.4 is 14.8 Å². The minimum Gasteiger partial charge on any atom is -0.497 e. The van der Waals surface area contributed by atoms with Crippen LogP contribution in [0.3, 0.4) is 0 Å².